The van der Waals surface area contributed by atoms with E-state index in [4.69, 9.17) is 0 Å². The van der Waals surface area contributed by atoms with Crippen LogP contribution in [-0.4, -0.2) is 24.0 Å². The lowest BCUT2D eigenvalue weighted by Crippen LogP contribution is -2.38. The molecular formula is C21H22FN3OS. The van der Waals surface area contributed by atoms with Gasteiger partial charge in [-0.2, -0.15) is 0 Å². The third-order valence-corrected chi connectivity index (χ3v) is 6.07. The minimum atomic E-state index is -0.280. The lowest BCUT2D eigenvalue weighted by atomic mass is 9.96. The summed E-state index contributed by atoms with van der Waals surface area (Å²) in [7, 11) is 0. The normalized spacial score (nSPS) is 15.3. The van der Waals surface area contributed by atoms with Gasteiger partial charge < -0.3 is 10.2 Å². The van der Waals surface area contributed by atoms with Gasteiger partial charge in [0.15, 0.2) is 5.13 Å². The first-order valence-corrected chi connectivity index (χ1v) is 10.0. The number of halogens is 1. The summed E-state index contributed by atoms with van der Waals surface area (Å²) in [5.41, 5.74) is 3.58. The molecule has 1 N–H and O–H groups in total. The van der Waals surface area contributed by atoms with Crippen LogP contribution in [0, 0.1) is 25.6 Å². The Bertz CT molecular complexity index is 972. The molecule has 27 heavy (non-hydrogen) atoms. The van der Waals surface area contributed by atoms with Crippen molar-refractivity contribution >= 4 is 38.3 Å². The summed E-state index contributed by atoms with van der Waals surface area (Å²) < 4.78 is 14.7. The summed E-state index contributed by atoms with van der Waals surface area (Å²) in [5.74, 6) is -0.208. The number of nitrogens with one attached hydrogen (secondary N) is 1. The molecule has 0 atom stereocenters. The Morgan fingerprint density at radius 1 is 1.19 bits per heavy atom. The first-order chi connectivity index (χ1) is 13.0. The summed E-state index contributed by atoms with van der Waals surface area (Å²) in [4.78, 5) is 19.2. The van der Waals surface area contributed by atoms with Gasteiger partial charge in [-0.05, 0) is 62.1 Å². The number of benzene rings is 2. The lowest BCUT2D eigenvalue weighted by Gasteiger charge is -2.31. The van der Waals surface area contributed by atoms with Crippen molar-refractivity contribution in [3.05, 3.63) is 53.3 Å². The highest BCUT2D eigenvalue weighted by Crippen LogP contribution is 2.32. The number of para-hydroxylation sites is 1. The molecule has 0 aliphatic carbocycles. The highest BCUT2D eigenvalue weighted by molar-refractivity contribution is 7.22. The Kier molecular flexibility index (Phi) is 4.83. The highest BCUT2D eigenvalue weighted by atomic mass is 32.1. The molecule has 140 valence electrons. The molecule has 1 aliphatic heterocycles. The zero-order valence-electron chi connectivity index (χ0n) is 15.5. The number of anilines is 2. The van der Waals surface area contributed by atoms with E-state index in [0.29, 0.717) is 5.52 Å². The first kappa shape index (κ1) is 17.9. The predicted molar refractivity (Wildman–Crippen MR) is 109 cm³/mol. The quantitative estimate of drug-likeness (QED) is 0.699. The molecule has 1 aromatic heterocycles. The second-order valence-corrected chi connectivity index (χ2v) is 8.22. The number of rotatable bonds is 3. The average Bonchev–Trinajstić information content (AvgIpc) is 3.07. The van der Waals surface area contributed by atoms with Crippen molar-refractivity contribution in [3.8, 4) is 0 Å². The van der Waals surface area contributed by atoms with Gasteiger partial charge in [0.1, 0.15) is 11.3 Å². The smallest absolute Gasteiger partial charge is 0.227 e. The molecule has 0 radical (unpaired) electrons. The van der Waals surface area contributed by atoms with Crippen LogP contribution >= 0.6 is 11.3 Å². The van der Waals surface area contributed by atoms with Crippen molar-refractivity contribution in [3.63, 3.8) is 0 Å². The topological polar surface area (TPSA) is 45.2 Å². The summed E-state index contributed by atoms with van der Waals surface area (Å²) in [6, 6.07) is 11.1. The van der Waals surface area contributed by atoms with Crippen molar-refractivity contribution in [2.45, 2.75) is 26.7 Å². The number of fused-ring (bicyclic) bond motifs is 1. The van der Waals surface area contributed by atoms with Gasteiger partial charge in [0.05, 0.1) is 4.70 Å². The Balaban J connectivity index is 1.40. The molecule has 0 spiro atoms. The minimum absolute atomic E-state index is 0.00631. The van der Waals surface area contributed by atoms with E-state index in [9.17, 15) is 9.18 Å². The van der Waals surface area contributed by atoms with Gasteiger partial charge in [0, 0.05) is 24.7 Å². The fourth-order valence-corrected chi connectivity index (χ4v) is 4.69. The summed E-state index contributed by atoms with van der Waals surface area (Å²) >= 11 is 1.51. The van der Waals surface area contributed by atoms with Crippen molar-refractivity contribution in [1.82, 2.24) is 4.98 Å². The number of hydrogen-bond donors (Lipinski definition) is 1. The molecule has 0 bridgehead atoms. The fourth-order valence-electron chi connectivity index (χ4n) is 3.66. The first-order valence-electron chi connectivity index (χ1n) is 9.19. The van der Waals surface area contributed by atoms with E-state index in [1.165, 1.54) is 17.4 Å². The maximum Gasteiger partial charge on any atom is 0.227 e. The molecule has 1 fully saturated rings. The highest BCUT2D eigenvalue weighted by Gasteiger charge is 2.26. The van der Waals surface area contributed by atoms with Crippen LogP contribution in [0.15, 0.2) is 36.4 Å². The second-order valence-electron chi connectivity index (χ2n) is 7.21. The van der Waals surface area contributed by atoms with Crippen LogP contribution in [0.1, 0.15) is 24.0 Å². The summed E-state index contributed by atoms with van der Waals surface area (Å²) in [6.45, 7) is 5.57. The molecule has 2 aromatic carbocycles. The van der Waals surface area contributed by atoms with E-state index in [1.54, 1.807) is 6.07 Å². The molecule has 2 heterocycles. The minimum Gasteiger partial charge on any atom is -0.348 e. The fraction of sp³-hybridized carbons (Fsp3) is 0.333. The monoisotopic (exact) mass is 383 g/mol. The third kappa shape index (κ3) is 3.81. The van der Waals surface area contributed by atoms with Gasteiger partial charge in [-0.25, -0.2) is 9.37 Å². The van der Waals surface area contributed by atoms with Gasteiger partial charge in [0.25, 0.3) is 0 Å². The van der Waals surface area contributed by atoms with Gasteiger partial charge in [-0.1, -0.05) is 23.5 Å². The number of aromatic nitrogens is 1. The third-order valence-electron chi connectivity index (χ3n) is 4.98. The SMILES string of the molecule is Cc1cc(C)cc(NC(=O)C2CCN(c3nc4c(F)cccc4s3)CC2)c1. The molecule has 1 aliphatic rings. The van der Waals surface area contributed by atoms with Crippen LogP contribution in [0.5, 0.6) is 0 Å². The Labute approximate surface area is 162 Å². The largest absolute Gasteiger partial charge is 0.348 e. The van der Waals surface area contributed by atoms with E-state index in [0.717, 1.165) is 52.6 Å². The summed E-state index contributed by atoms with van der Waals surface area (Å²) in [6.07, 6.45) is 1.55. The molecule has 4 nitrogen and oxygen atoms in total. The molecule has 6 heteroatoms. The maximum atomic E-state index is 13.9. The van der Waals surface area contributed by atoms with Crippen LogP contribution in [0.2, 0.25) is 0 Å². The number of piperidine rings is 1. The number of aryl methyl sites for hydroxylation is 2. The predicted octanol–water partition coefficient (Wildman–Crippen LogP) is 4.91. The van der Waals surface area contributed by atoms with Crippen molar-refractivity contribution in [1.29, 1.82) is 0 Å². The van der Waals surface area contributed by atoms with Crippen molar-refractivity contribution in [2.75, 3.05) is 23.3 Å². The number of amides is 1. The number of nitrogens with zero attached hydrogens (tertiary/aromatic N) is 2. The van der Waals surface area contributed by atoms with Crippen LogP contribution < -0.4 is 10.2 Å². The zero-order chi connectivity index (χ0) is 19.0. The molecule has 1 amide bonds. The number of carbonyl (C=O) groups excluding carboxylic acids is 1. The zero-order valence-corrected chi connectivity index (χ0v) is 16.3. The second kappa shape index (κ2) is 7.27. The lowest BCUT2D eigenvalue weighted by molar-refractivity contribution is -0.120. The summed E-state index contributed by atoms with van der Waals surface area (Å²) in [5, 5.41) is 3.89. The van der Waals surface area contributed by atoms with Gasteiger partial charge in [-0.15, -0.1) is 0 Å². The Hall–Kier alpha value is -2.47. The number of thiazole rings is 1. The molecule has 3 aromatic rings. The van der Waals surface area contributed by atoms with Crippen LogP contribution in [-0.2, 0) is 4.79 Å². The van der Waals surface area contributed by atoms with Gasteiger partial charge in [-0.3, -0.25) is 4.79 Å². The molecule has 0 saturated carbocycles. The van der Waals surface area contributed by atoms with Crippen molar-refractivity contribution < 1.29 is 9.18 Å². The van der Waals surface area contributed by atoms with Crippen molar-refractivity contribution in [2.24, 2.45) is 5.92 Å². The molecule has 4 rings (SSSR count). The van der Waals surface area contributed by atoms with Crippen LogP contribution in [0.25, 0.3) is 10.2 Å². The Morgan fingerprint density at radius 2 is 1.89 bits per heavy atom. The van der Waals surface area contributed by atoms with E-state index < -0.39 is 0 Å². The van der Waals surface area contributed by atoms with E-state index >= 15 is 0 Å². The Morgan fingerprint density at radius 3 is 2.56 bits per heavy atom. The van der Waals surface area contributed by atoms with E-state index in [1.807, 2.05) is 32.0 Å². The molecular weight excluding hydrogens is 361 g/mol. The number of carbonyl (C=O) groups is 1. The van der Waals surface area contributed by atoms with Gasteiger partial charge in [0.2, 0.25) is 5.91 Å². The standard InChI is InChI=1S/C21H22FN3OS/c1-13-10-14(2)12-16(11-13)23-20(26)15-6-8-25(9-7-15)21-24-19-17(22)4-3-5-18(19)27-21/h3-5,10-12,15H,6-9H2,1-2H3,(H,23,26). The van der Waals surface area contributed by atoms with Gasteiger partial charge >= 0.3 is 0 Å². The van der Waals surface area contributed by atoms with E-state index in [-0.39, 0.29) is 17.6 Å². The molecule has 1 saturated heterocycles. The molecule has 0 unspecified atom stereocenters. The number of hydrogen-bond acceptors (Lipinski definition) is 4. The average molecular weight is 383 g/mol. The van der Waals surface area contributed by atoms with Crippen LogP contribution in [0.3, 0.4) is 0 Å². The van der Waals surface area contributed by atoms with Crippen LogP contribution in [0.4, 0.5) is 15.2 Å². The van der Waals surface area contributed by atoms with E-state index in [2.05, 4.69) is 21.3 Å². The maximum absolute atomic E-state index is 13.9.